The van der Waals surface area contributed by atoms with Gasteiger partial charge in [0, 0.05) is 42.6 Å². The molecule has 5 heteroatoms. The van der Waals surface area contributed by atoms with Crippen molar-refractivity contribution < 1.29 is 4.79 Å². The van der Waals surface area contributed by atoms with Crippen LogP contribution in [0.1, 0.15) is 53.1 Å². The lowest BCUT2D eigenvalue weighted by molar-refractivity contribution is 0.0624. The summed E-state index contributed by atoms with van der Waals surface area (Å²) < 4.78 is 0. The Hall–Kier alpha value is -2.27. The van der Waals surface area contributed by atoms with Gasteiger partial charge >= 0.3 is 0 Å². The third-order valence-electron chi connectivity index (χ3n) is 6.29. The van der Waals surface area contributed by atoms with Crippen LogP contribution in [0.2, 0.25) is 0 Å². The minimum absolute atomic E-state index is 0.0366. The Kier molecular flexibility index (Phi) is 5.44. The zero-order valence-corrected chi connectivity index (χ0v) is 17.0. The molecule has 4 heterocycles. The highest BCUT2D eigenvalue weighted by Crippen LogP contribution is 2.36. The maximum Gasteiger partial charge on any atom is 0.272 e. The minimum atomic E-state index is 0.0366. The number of aryl methyl sites for hydroxylation is 2. The molecule has 1 amide bonds. The maximum absolute atomic E-state index is 12.9. The number of aromatic nitrogens is 2. The Bertz CT molecular complexity index is 819. The molecule has 2 aromatic rings. The molecule has 148 valence electrons. The molecule has 2 aliphatic rings. The molecular formula is C23H30N4O. The minimum Gasteiger partial charge on any atom is -0.337 e. The van der Waals surface area contributed by atoms with Crippen LogP contribution in [-0.2, 0) is 5.41 Å². The molecule has 0 bridgehead atoms. The average Bonchev–Trinajstić information content (AvgIpc) is 3.21. The van der Waals surface area contributed by atoms with Gasteiger partial charge in [0.25, 0.3) is 5.91 Å². The first-order valence-electron chi connectivity index (χ1n) is 10.4. The lowest BCUT2D eigenvalue weighted by Gasteiger charge is -2.43. The fraction of sp³-hybridized carbons (Fsp3) is 0.522. The van der Waals surface area contributed by atoms with Crippen molar-refractivity contribution in [1.29, 1.82) is 0 Å². The quantitative estimate of drug-likeness (QED) is 0.819. The molecule has 5 nitrogen and oxygen atoms in total. The zero-order chi connectivity index (χ0) is 19.6. The first-order valence-corrected chi connectivity index (χ1v) is 10.4. The van der Waals surface area contributed by atoms with E-state index in [4.69, 9.17) is 4.98 Å². The second kappa shape index (κ2) is 8.00. The number of rotatable bonds is 4. The van der Waals surface area contributed by atoms with Crippen molar-refractivity contribution in [3.63, 3.8) is 0 Å². The van der Waals surface area contributed by atoms with Crippen LogP contribution in [-0.4, -0.2) is 58.4 Å². The molecule has 0 N–H and O–H groups in total. The van der Waals surface area contributed by atoms with E-state index in [1.54, 1.807) is 0 Å². The van der Waals surface area contributed by atoms with Crippen LogP contribution >= 0.6 is 0 Å². The summed E-state index contributed by atoms with van der Waals surface area (Å²) in [5, 5.41) is 0. The SMILES string of the molecule is Cc1ccc(C2(CN3CCCC3)CCN(C(=O)c3cccc(C)n3)CC2)nc1. The van der Waals surface area contributed by atoms with Crippen LogP contribution in [0.15, 0.2) is 36.5 Å². The van der Waals surface area contributed by atoms with Crippen LogP contribution in [0, 0.1) is 13.8 Å². The topological polar surface area (TPSA) is 49.3 Å². The molecule has 0 unspecified atom stereocenters. The van der Waals surface area contributed by atoms with Gasteiger partial charge in [-0.3, -0.25) is 9.78 Å². The van der Waals surface area contributed by atoms with Gasteiger partial charge in [-0.2, -0.15) is 0 Å². The van der Waals surface area contributed by atoms with Crippen molar-refractivity contribution in [3.8, 4) is 0 Å². The van der Waals surface area contributed by atoms with Gasteiger partial charge in [-0.15, -0.1) is 0 Å². The van der Waals surface area contributed by atoms with E-state index in [0.717, 1.165) is 38.2 Å². The first-order chi connectivity index (χ1) is 13.6. The smallest absolute Gasteiger partial charge is 0.272 e. The van der Waals surface area contributed by atoms with E-state index in [1.807, 2.05) is 36.2 Å². The number of piperidine rings is 1. The Morgan fingerprint density at radius 3 is 2.43 bits per heavy atom. The Morgan fingerprint density at radius 2 is 1.79 bits per heavy atom. The van der Waals surface area contributed by atoms with E-state index in [1.165, 1.54) is 37.2 Å². The number of hydrogen-bond donors (Lipinski definition) is 0. The van der Waals surface area contributed by atoms with Crippen LogP contribution in [0.3, 0.4) is 0 Å². The second-order valence-electron chi connectivity index (χ2n) is 8.44. The largest absolute Gasteiger partial charge is 0.337 e. The number of likely N-dealkylation sites (tertiary alicyclic amines) is 2. The van der Waals surface area contributed by atoms with Crippen molar-refractivity contribution in [2.75, 3.05) is 32.7 Å². The molecule has 2 aromatic heterocycles. The number of nitrogens with zero attached hydrogens (tertiary/aromatic N) is 4. The lowest BCUT2D eigenvalue weighted by atomic mass is 9.74. The molecule has 2 fully saturated rings. The average molecular weight is 379 g/mol. The molecule has 0 saturated carbocycles. The van der Waals surface area contributed by atoms with Crippen molar-refractivity contribution >= 4 is 5.91 Å². The number of hydrogen-bond acceptors (Lipinski definition) is 4. The molecule has 4 rings (SSSR count). The van der Waals surface area contributed by atoms with Crippen molar-refractivity contribution in [2.24, 2.45) is 0 Å². The van der Waals surface area contributed by atoms with Crippen LogP contribution < -0.4 is 0 Å². The zero-order valence-electron chi connectivity index (χ0n) is 17.0. The highest BCUT2D eigenvalue weighted by atomic mass is 16.2. The molecule has 0 aliphatic carbocycles. The van der Waals surface area contributed by atoms with Crippen LogP contribution in [0.4, 0.5) is 0 Å². The van der Waals surface area contributed by atoms with E-state index >= 15 is 0 Å². The van der Waals surface area contributed by atoms with Gasteiger partial charge in [0.15, 0.2) is 0 Å². The summed E-state index contributed by atoms with van der Waals surface area (Å²) in [7, 11) is 0. The number of pyridine rings is 2. The molecule has 2 saturated heterocycles. The maximum atomic E-state index is 12.9. The molecular weight excluding hydrogens is 348 g/mol. The van der Waals surface area contributed by atoms with Crippen molar-refractivity contribution in [1.82, 2.24) is 19.8 Å². The van der Waals surface area contributed by atoms with Gasteiger partial charge in [-0.25, -0.2) is 4.98 Å². The predicted octanol–water partition coefficient (Wildman–Crippen LogP) is 3.36. The van der Waals surface area contributed by atoms with E-state index in [0.29, 0.717) is 5.69 Å². The van der Waals surface area contributed by atoms with E-state index in [-0.39, 0.29) is 11.3 Å². The summed E-state index contributed by atoms with van der Waals surface area (Å²) in [6.07, 6.45) is 6.48. The molecule has 0 spiro atoms. The van der Waals surface area contributed by atoms with Crippen LogP contribution in [0.25, 0.3) is 0 Å². The summed E-state index contributed by atoms with van der Waals surface area (Å²) in [6.45, 7) is 8.95. The fourth-order valence-electron chi connectivity index (χ4n) is 4.61. The number of amides is 1. The standard InChI is InChI=1S/C23H30N4O/c1-18-8-9-21(24-16-18)23(17-26-12-3-4-13-26)10-14-27(15-11-23)22(28)20-7-5-6-19(2)25-20/h5-9,16H,3-4,10-15,17H2,1-2H3. The van der Waals surface area contributed by atoms with Gasteiger partial charge in [-0.05, 0) is 76.4 Å². The van der Waals surface area contributed by atoms with Gasteiger partial charge in [0.1, 0.15) is 5.69 Å². The first kappa shape index (κ1) is 19.1. The Balaban J connectivity index is 1.52. The van der Waals surface area contributed by atoms with E-state index in [9.17, 15) is 4.79 Å². The summed E-state index contributed by atoms with van der Waals surface area (Å²) in [5.74, 6) is 0.0512. The molecule has 2 aliphatic heterocycles. The third-order valence-corrected chi connectivity index (χ3v) is 6.29. The summed E-state index contributed by atoms with van der Waals surface area (Å²) >= 11 is 0. The van der Waals surface area contributed by atoms with Gasteiger partial charge < -0.3 is 9.80 Å². The lowest BCUT2D eigenvalue weighted by Crippen LogP contribution is -2.50. The predicted molar refractivity (Wildman–Crippen MR) is 110 cm³/mol. The van der Waals surface area contributed by atoms with Gasteiger partial charge in [0.2, 0.25) is 0 Å². The van der Waals surface area contributed by atoms with Gasteiger partial charge in [0.05, 0.1) is 0 Å². The highest BCUT2D eigenvalue weighted by molar-refractivity contribution is 5.92. The number of carbonyl (C=O) groups is 1. The van der Waals surface area contributed by atoms with E-state index < -0.39 is 0 Å². The third kappa shape index (κ3) is 3.95. The second-order valence-corrected chi connectivity index (χ2v) is 8.44. The van der Waals surface area contributed by atoms with Gasteiger partial charge in [-0.1, -0.05) is 12.1 Å². The fourth-order valence-corrected chi connectivity index (χ4v) is 4.61. The molecule has 0 aromatic carbocycles. The molecule has 28 heavy (non-hydrogen) atoms. The molecule has 0 radical (unpaired) electrons. The normalized spacial score (nSPS) is 19.7. The number of carbonyl (C=O) groups excluding carboxylic acids is 1. The molecule has 0 atom stereocenters. The van der Waals surface area contributed by atoms with Crippen LogP contribution in [0.5, 0.6) is 0 Å². The summed E-state index contributed by atoms with van der Waals surface area (Å²) in [4.78, 5) is 26.7. The van der Waals surface area contributed by atoms with Crippen molar-refractivity contribution in [2.45, 2.75) is 44.9 Å². The Labute approximate surface area is 167 Å². The van der Waals surface area contributed by atoms with E-state index in [2.05, 4.69) is 28.9 Å². The highest BCUT2D eigenvalue weighted by Gasteiger charge is 2.40. The van der Waals surface area contributed by atoms with Crippen molar-refractivity contribution in [3.05, 3.63) is 59.2 Å². The summed E-state index contributed by atoms with van der Waals surface area (Å²) in [5.41, 5.74) is 3.86. The monoisotopic (exact) mass is 378 g/mol. The Morgan fingerprint density at radius 1 is 1.04 bits per heavy atom. The summed E-state index contributed by atoms with van der Waals surface area (Å²) in [6, 6.07) is 10.0.